The van der Waals surface area contributed by atoms with Crippen LogP contribution in [0.1, 0.15) is 12.1 Å². The van der Waals surface area contributed by atoms with Gasteiger partial charge in [-0.15, -0.1) is 23.1 Å². The molecular weight excluding hydrogens is 494 g/mol. The maximum absolute atomic E-state index is 12.9. The molecule has 0 spiro atoms. The molecule has 0 aliphatic carbocycles. The molecule has 182 valence electrons. The molecule has 34 heavy (non-hydrogen) atoms. The van der Waals surface area contributed by atoms with Gasteiger partial charge in [0.25, 0.3) is 11.8 Å². The normalized spacial score (nSPS) is 23.1. The van der Waals surface area contributed by atoms with E-state index in [9.17, 15) is 28.3 Å². The van der Waals surface area contributed by atoms with E-state index in [1.807, 2.05) is 6.08 Å². The number of thioether (sulfide) groups is 1. The minimum absolute atomic E-state index is 0.0780. The SMILES string of the molecule is Nc1nc(/C(=N\OC(F)F)C(=O)NC2C(=O)N3C(C(=O)O)=C(CN4CC=CCC4)CS[C@H]23)cs1. The Balaban J connectivity index is 1.50. The number of carbonyl (C=O) groups excluding carboxylic acids is 2. The summed E-state index contributed by atoms with van der Waals surface area (Å²) < 4.78 is 25.0. The largest absolute Gasteiger partial charge is 0.477 e. The minimum Gasteiger partial charge on any atom is -0.477 e. The fourth-order valence-corrected chi connectivity index (χ4v) is 5.69. The first-order valence-electron chi connectivity index (χ1n) is 10.1. The number of β-lactam (4-membered cyclic amide) rings is 1. The molecule has 4 heterocycles. The topological polar surface area (TPSA) is 150 Å². The smallest absolute Gasteiger partial charge is 0.407 e. The number of rotatable bonds is 8. The van der Waals surface area contributed by atoms with Gasteiger partial charge in [-0.3, -0.25) is 19.4 Å². The van der Waals surface area contributed by atoms with E-state index in [0.717, 1.165) is 29.2 Å². The number of carboxylic acids is 1. The van der Waals surface area contributed by atoms with Gasteiger partial charge in [-0.05, 0) is 12.0 Å². The standard InChI is InChI=1S/C19H20F2N6O5S2/c20-18(21)32-25-11(10-8-34-19(22)23-10)14(28)24-12-15(29)27-13(17(30)31)9(7-33-16(12)27)6-26-4-2-1-3-5-26/h1-2,8,12,16,18H,3-7H2,(H2,22,23)(H,24,28)(H,30,31)/b25-11+/t12?,16-/m1/s1. The van der Waals surface area contributed by atoms with Crippen molar-refractivity contribution in [3.05, 3.63) is 34.5 Å². The van der Waals surface area contributed by atoms with Crippen molar-refractivity contribution in [1.82, 2.24) is 20.1 Å². The van der Waals surface area contributed by atoms with Crippen molar-refractivity contribution in [2.24, 2.45) is 5.16 Å². The second kappa shape index (κ2) is 10.1. The van der Waals surface area contributed by atoms with E-state index in [0.29, 0.717) is 24.4 Å². The summed E-state index contributed by atoms with van der Waals surface area (Å²) in [6, 6.07) is -1.07. The highest BCUT2D eigenvalue weighted by molar-refractivity contribution is 8.00. The third-order valence-electron chi connectivity index (χ3n) is 5.30. The van der Waals surface area contributed by atoms with Crippen molar-refractivity contribution in [3.8, 4) is 0 Å². The number of hydrogen-bond acceptors (Lipinski definition) is 10. The van der Waals surface area contributed by atoms with Crippen molar-refractivity contribution < 1.29 is 33.1 Å². The number of alkyl halides is 2. The molecule has 2 amide bonds. The van der Waals surface area contributed by atoms with Crippen LogP contribution in [0.5, 0.6) is 0 Å². The number of halogens is 2. The van der Waals surface area contributed by atoms with Crippen LogP contribution < -0.4 is 11.1 Å². The quantitative estimate of drug-likeness (QED) is 0.197. The van der Waals surface area contributed by atoms with Gasteiger partial charge in [0.05, 0.1) is 0 Å². The van der Waals surface area contributed by atoms with Gasteiger partial charge >= 0.3 is 12.6 Å². The second-order valence-electron chi connectivity index (χ2n) is 7.49. The van der Waals surface area contributed by atoms with Crippen LogP contribution in [-0.2, 0) is 19.2 Å². The average molecular weight is 515 g/mol. The lowest BCUT2D eigenvalue weighted by Gasteiger charge is -2.49. The molecule has 4 rings (SSSR count). The van der Waals surface area contributed by atoms with E-state index >= 15 is 0 Å². The summed E-state index contributed by atoms with van der Waals surface area (Å²) in [6.07, 6.45) is 4.94. The number of aromatic nitrogens is 1. The number of nitrogens with zero attached hydrogens (tertiary/aromatic N) is 4. The van der Waals surface area contributed by atoms with E-state index < -0.39 is 41.5 Å². The number of thiazole rings is 1. The first-order chi connectivity index (χ1) is 16.3. The van der Waals surface area contributed by atoms with Crippen LogP contribution >= 0.6 is 23.1 Å². The molecule has 0 aromatic carbocycles. The summed E-state index contributed by atoms with van der Waals surface area (Å²) >= 11 is 2.28. The number of hydrogen-bond donors (Lipinski definition) is 3. The van der Waals surface area contributed by atoms with E-state index in [-0.39, 0.29) is 16.5 Å². The number of carbonyl (C=O) groups is 3. The monoisotopic (exact) mass is 514 g/mol. The van der Waals surface area contributed by atoms with Gasteiger partial charge < -0.3 is 21.0 Å². The summed E-state index contributed by atoms with van der Waals surface area (Å²) in [5.74, 6) is -2.46. The van der Waals surface area contributed by atoms with Crippen LogP contribution in [0.15, 0.2) is 34.0 Å². The third kappa shape index (κ3) is 4.90. The molecule has 1 saturated heterocycles. The van der Waals surface area contributed by atoms with Crippen molar-refractivity contribution in [2.75, 3.05) is 31.1 Å². The van der Waals surface area contributed by atoms with Gasteiger partial charge in [-0.1, -0.05) is 17.3 Å². The molecular formula is C19H20F2N6O5S2. The van der Waals surface area contributed by atoms with Crippen LogP contribution in [0, 0.1) is 0 Å². The molecule has 2 atom stereocenters. The number of carboxylic acid groups (broad SMARTS) is 1. The lowest BCUT2D eigenvalue weighted by atomic mass is 10.0. The Morgan fingerprint density at radius 2 is 2.21 bits per heavy atom. The number of aliphatic carboxylic acids is 1. The maximum atomic E-state index is 12.9. The predicted molar refractivity (Wildman–Crippen MR) is 120 cm³/mol. The fraction of sp³-hybridized carbons (Fsp3) is 0.421. The molecule has 3 aliphatic rings. The van der Waals surface area contributed by atoms with Crippen LogP contribution in [0.25, 0.3) is 0 Å². The molecule has 1 unspecified atom stereocenters. The van der Waals surface area contributed by atoms with E-state index in [4.69, 9.17) is 5.73 Å². The highest BCUT2D eigenvalue weighted by Crippen LogP contribution is 2.40. The van der Waals surface area contributed by atoms with E-state index in [1.54, 1.807) is 0 Å². The number of nitrogens with two attached hydrogens (primary N) is 1. The maximum Gasteiger partial charge on any atom is 0.407 e. The molecule has 4 N–H and O–H groups in total. The molecule has 1 aromatic heterocycles. The predicted octanol–water partition coefficient (Wildman–Crippen LogP) is 0.669. The number of nitrogen functional groups attached to an aromatic ring is 1. The van der Waals surface area contributed by atoms with Gasteiger partial charge in [0.2, 0.25) is 0 Å². The van der Waals surface area contributed by atoms with Gasteiger partial charge in [0, 0.05) is 30.8 Å². The highest BCUT2D eigenvalue weighted by atomic mass is 32.2. The molecule has 0 radical (unpaired) electrons. The van der Waals surface area contributed by atoms with Gasteiger partial charge in [0.1, 0.15) is 22.8 Å². The summed E-state index contributed by atoms with van der Waals surface area (Å²) in [5.41, 5.74) is 5.41. The molecule has 3 aliphatic heterocycles. The van der Waals surface area contributed by atoms with Gasteiger partial charge in [0.15, 0.2) is 10.8 Å². The number of oxime groups is 1. The molecule has 1 fully saturated rings. The Hall–Kier alpha value is -3.04. The lowest BCUT2D eigenvalue weighted by Crippen LogP contribution is -2.71. The first kappa shape index (κ1) is 24.1. The Bertz CT molecular complexity index is 1090. The molecule has 0 saturated carbocycles. The van der Waals surface area contributed by atoms with Crippen LogP contribution in [0.2, 0.25) is 0 Å². The minimum atomic E-state index is -3.27. The first-order valence-corrected chi connectivity index (χ1v) is 12.0. The Kier molecular flexibility index (Phi) is 7.13. The number of nitrogens with one attached hydrogen (secondary N) is 1. The van der Waals surface area contributed by atoms with Crippen LogP contribution in [0.3, 0.4) is 0 Å². The summed E-state index contributed by atoms with van der Waals surface area (Å²) in [6.45, 7) is -1.37. The van der Waals surface area contributed by atoms with E-state index in [2.05, 4.69) is 31.3 Å². The Labute approximate surface area is 200 Å². The number of amides is 2. The van der Waals surface area contributed by atoms with Gasteiger partial charge in [-0.25, -0.2) is 9.78 Å². The zero-order valence-electron chi connectivity index (χ0n) is 17.5. The van der Waals surface area contributed by atoms with Crippen molar-refractivity contribution in [1.29, 1.82) is 0 Å². The Morgan fingerprint density at radius 3 is 2.82 bits per heavy atom. The number of anilines is 1. The second-order valence-corrected chi connectivity index (χ2v) is 9.49. The van der Waals surface area contributed by atoms with E-state index in [1.165, 1.54) is 17.1 Å². The average Bonchev–Trinajstić information content (AvgIpc) is 3.23. The number of fused-ring (bicyclic) bond motifs is 1. The van der Waals surface area contributed by atoms with Crippen LogP contribution in [-0.4, -0.2) is 86.8 Å². The molecule has 11 nitrogen and oxygen atoms in total. The zero-order chi connectivity index (χ0) is 24.4. The van der Waals surface area contributed by atoms with Crippen molar-refractivity contribution in [3.63, 3.8) is 0 Å². The summed E-state index contributed by atoms with van der Waals surface area (Å²) in [4.78, 5) is 48.6. The van der Waals surface area contributed by atoms with Crippen LogP contribution in [0.4, 0.5) is 13.9 Å². The highest BCUT2D eigenvalue weighted by Gasteiger charge is 2.54. The van der Waals surface area contributed by atoms with Gasteiger partial charge in [-0.2, -0.15) is 8.78 Å². The molecule has 0 bridgehead atoms. The lowest BCUT2D eigenvalue weighted by molar-refractivity contribution is -0.150. The molecule has 15 heteroatoms. The molecule has 1 aromatic rings. The summed E-state index contributed by atoms with van der Waals surface area (Å²) in [5, 5.41) is 16.1. The van der Waals surface area contributed by atoms with Crippen molar-refractivity contribution in [2.45, 2.75) is 24.4 Å². The third-order valence-corrected chi connectivity index (χ3v) is 7.31. The van der Waals surface area contributed by atoms with Crippen molar-refractivity contribution >= 4 is 51.7 Å². The zero-order valence-corrected chi connectivity index (χ0v) is 19.2. The Morgan fingerprint density at radius 1 is 1.41 bits per heavy atom. The fourth-order valence-electron chi connectivity index (χ4n) is 3.81. The summed E-state index contributed by atoms with van der Waals surface area (Å²) in [7, 11) is 0.